The topological polar surface area (TPSA) is 58.6 Å². The van der Waals surface area contributed by atoms with Crippen LogP contribution in [0.3, 0.4) is 0 Å². The van der Waals surface area contributed by atoms with Crippen LogP contribution in [0.25, 0.3) is 0 Å². The molecule has 5 nitrogen and oxygen atoms in total. The first-order valence-electron chi connectivity index (χ1n) is 10.3. The molecule has 0 aromatic heterocycles. The number of rotatable bonds is 7. The van der Waals surface area contributed by atoms with Gasteiger partial charge in [0.1, 0.15) is 0 Å². The second-order valence-electron chi connectivity index (χ2n) is 7.58. The zero-order chi connectivity index (χ0) is 20.6. The zero-order valence-corrected chi connectivity index (χ0v) is 17.2. The minimum Gasteiger partial charge on any atom is -0.465 e. The quantitative estimate of drug-likeness (QED) is 0.732. The van der Waals surface area contributed by atoms with Crippen molar-refractivity contribution in [2.45, 2.75) is 44.7 Å². The fourth-order valence-electron chi connectivity index (χ4n) is 4.36. The molecule has 2 aromatic carbocycles. The standard InChI is InChI=1S/C24H30N2O3/c1-3-29-23(28)17-26-16-21(25-18(2)27)14-15-22(26)24(19-10-6-4-7-11-19)20-12-8-5-9-13-20/h4-13,21-22,24H,3,14-17H2,1-2H3,(H,25,27)/t21-,22-/m1/s1. The van der Waals surface area contributed by atoms with Crippen LogP contribution < -0.4 is 5.32 Å². The number of ether oxygens (including phenoxy) is 1. The molecule has 0 spiro atoms. The molecule has 2 atom stereocenters. The van der Waals surface area contributed by atoms with Crippen LogP contribution in [-0.4, -0.2) is 48.6 Å². The van der Waals surface area contributed by atoms with Gasteiger partial charge in [0.25, 0.3) is 0 Å². The minimum atomic E-state index is -0.221. The van der Waals surface area contributed by atoms with Crippen LogP contribution in [0.5, 0.6) is 0 Å². The summed E-state index contributed by atoms with van der Waals surface area (Å²) in [5, 5.41) is 3.02. The van der Waals surface area contributed by atoms with Crippen molar-refractivity contribution in [3.8, 4) is 0 Å². The maximum atomic E-state index is 12.3. The van der Waals surface area contributed by atoms with Crippen molar-refractivity contribution < 1.29 is 14.3 Å². The van der Waals surface area contributed by atoms with Gasteiger partial charge in [-0.2, -0.15) is 0 Å². The Labute approximate surface area is 173 Å². The molecule has 1 saturated heterocycles. The van der Waals surface area contributed by atoms with E-state index >= 15 is 0 Å². The lowest BCUT2D eigenvalue weighted by Crippen LogP contribution is -2.54. The van der Waals surface area contributed by atoms with E-state index in [4.69, 9.17) is 4.74 Å². The van der Waals surface area contributed by atoms with E-state index in [1.165, 1.54) is 11.1 Å². The minimum absolute atomic E-state index is 0.0350. The number of carbonyl (C=O) groups excluding carboxylic acids is 2. The molecular weight excluding hydrogens is 364 g/mol. The van der Waals surface area contributed by atoms with Gasteiger partial charge < -0.3 is 10.1 Å². The molecule has 0 saturated carbocycles. The Bertz CT molecular complexity index is 755. The number of esters is 1. The smallest absolute Gasteiger partial charge is 0.320 e. The number of hydrogen-bond acceptors (Lipinski definition) is 4. The van der Waals surface area contributed by atoms with Crippen molar-refractivity contribution in [3.63, 3.8) is 0 Å². The van der Waals surface area contributed by atoms with Gasteiger partial charge in [-0.15, -0.1) is 0 Å². The number of piperidine rings is 1. The van der Waals surface area contributed by atoms with Crippen LogP contribution in [0.15, 0.2) is 60.7 Å². The Morgan fingerprint density at radius 2 is 1.62 bits per heavy atom. The summed E-state index contributed by atoms with van der Waals surface area (Å²) in [6, 6.07) is 21.1. The van der Waals surface area contributed by atoms with Gasteiger partial charge in [-0.3, -0.25) is 14.5 Å². The number of carbonyl (C=O) groups is 2. The molecular formula is C24H30N2O3. The first-order valence-corrected chi connectivity index (χ1v) is 10.3. The Kier molecular flexibility index (Phi) is 7.42. The summed E-state index contributed by atoms with van der Waals surface area (Å²) in [6.45, 7) is 4.60. The second kappa shape index (κ2) is 10.2. The van der Waals surface area contributed by atoms with E-state index in [-0.39, 0.29) is 36.4 Å². The van der Waals surface area contributed by atoms with E-state index in [1.54, 1.807) is 6.92 Å². The fraction of sp³-hybridized carbons (Fsp3) is 0.417. The summed E-state index contributed by atoms with van der Waals surface area (Å²) in [7, 11) is 0. The average Bonchev–Trinajstić information content (AvgIpc) is 2.71. The largest absolute Gasteiger partial charge is 0.465 e. The zero-order valence-electron chi connectivity index (χ0n) is 17.2. The molecule has 1 fully saturated rings. The number of amides is 1. The highest BCUT2D eigenvalue weighted by Crippen LogP contribution is 2.35. The molecule has 0 unspecified atom stereocenters. The maximum Gasteiger partial charge on any atom is 0.320 e. The van der Waals surface area contributed by atoms with Crippen LogP contribution in [0.1, 0.15) is 43.7 Å². The number of hydrogen-bond donors (Lipinski definition) is 1. The fourth-order valence-corrected chi connectivity index (χ4v) is 4.36. The second-order valence-corrected chi connectivity index (χ2v) is 7.58. The van der Waals surface area contributed by atoms with Gasteiger partial charge in [0.2, 0.25) is 5.91 Å². The summed E-state index contributed by atoms with van der Waals surface area (Å²) in [6.07, 6.45) is 1.78. The summed E-state index contributed by atoms with van der Waals surface area (Å²) in [5.74, 6) is -0.113. The third kappa shape index (κ3) is 5.67. The van der Waals surface area contributed by atoms with Crippen molar-refractivity contribution in [1.82, 2.24) is 10.2 Å². The average molecular weight is 395 g/mol. The molecule has 5 heteroatoms. The number of nitrogens with zero attached hydrogens (tertiary/aromatic N) is 1. The van der Waals surface area contributed by atoms with Crippen LogP contribution in [0, 0.1) is 0 Å². The van der Waals surface area contributed by atoms with Crippen molar-refractivity contribution >= 4 is 11.9 Å². The summed E-state index contributed by atoms with van der Waals surface area (Å²) >= 11 is 0. The van der Waals surface area contributed by atoms with Crippen LogP contribution in [0.4, 0.5) is 0 Å². The highest BCUT2D eigenvalue weighted by Gasteiger charge is 2.36. The van der Waals surface area contributed by atoms with E-state index in [9.17, 15) is 9.59 Å². The highest BCUT2D eigenvalue weighted by molar-refractivity contribution is 5.73. The van der Waals surface area contributed by atoms with Gasteiger partial charge in [0.05, 0.1) is 13.2 Å². The molecule has 1 N–H and O–H groups in total. The van der Waals surface area contributed by atoms with Gasteiger partial charge in [-0.1, -0.05) is 60.7 Å². The third-order valence-electron chi connectivity index (χ3n) is 5.48. The first-order chi connectivity index (χ1) is 14.1. The van der Waals surface area contributed by atoms with Crippen molar-refractivity contribution in [3.05, 3.63) is 71.8 Å². The van der Waals surface area contributed by atoms with Crippen molar-refractivity contribution in [1.29, 1.82) is 0 Å². The van der Waals surface area contributed by atoms with Crippen LogP contribution >= 0.6 is 0 Å². The normalized spacial score (nSPS) is 19.7. The van der Waals surface area contributed by atoms with E-state index in [2.05, 4.69) is 58.7 Å². The summed E-state index contributed by atoms with van der Waals surface area (Å²) in [5.41, 5.74) is 2.46. The number of likely N-dealkylation sites (tertiary alicyclic amines) is 1. The van der Waals surface area contributed by atoms with Gasteiger partial charge in [0, 0.05) is 31.5 Å². The Hall–Kier alpha value is -2.66. The third-order valence-corrected chi connectivity index (χ3v) is 5.48. The number of nitrogens with one attached hydrogen (secondary N) is 1. The monoisotopic (exact) mass is 394 g/mol. The maximum absolute atomic E-state index is 12.3. The Morgan fingerprint density at radius 1 is 1.03 bits per heavy atom. The summed E-state index contributed by atoms with van der Waals surface area (Å²) in [4.78, 5) is 26.1. The summed E-state index contributed by atoms with van der Waals surface area (Å²) < 4.78 is 5.23. The Balaban J connectivity index is 1.92. The van der Waals surface area contributed by atoms with Crippen molar-refractivity contribution in [2.75, 3.05) is 19.7 Å². The molecule has 1 aliphatic heterocycles. The molecule has 1 amide bonds. The van der Waals surface area contributed by atoms with Crippen LogP contribution in [0.2, 0.25) is 0 Å². The van der Waals surface area contributed by atoms with E-state index in [0.29, 0.717) is 13.2 Å². The van der Waals surface area contributed by atoms with Crippen LogP contribution in [-0.2, 0) is 14.3 Å². The molecule has 3 rings (SSSR count). The van der Waals surface area contributed by atoms with E-state index in [1.807, 2.05) is 19.1 Å². The highest BCUT2D eigenvalue weighted by atomic mass is 16.5. The van der Waals surface area contributed by atoms with E-state index < -0.39 is 0 Å². The van der Waals surface area contributed by atoms with Crippen molar-refractivity contribution in [2.24, 2.45) is 0 Å². The molecule has 2 aromatic rings. The SMILES string of the molecule is CCOC(=O)CN1C[C@H](NC(C)=O)CC[C@@H]1C(c1ccccc1)c1ccccc1. The predicted molar refractivity (Wildman–Crippen MR) is 114 cm³/mol. The molecule has 1 heterocycles. The molecule has 1 aliphatic rings. The lowest BCUT2D eigenvalue weighted by molar-refractivity contribution is -0.145. The molecule has 0 bridgehead atoms. The van der Waals surface area contributed by atoms with Gasteiger partial charge in [0.15, 0.2) is 0 Å². The van der Waals surface area contributed by atoms with Gasteiger partial charge in [-0.25, -0.2) is 0 Å². The molecule has 29 heavy (non-hydrogen) atoms. The lowest BCUT2D eigenvalue weighted by atomic mass is 9.79. The molecule has 154 valence electrons. The lowest BCUT2D eigenvalue weighted by Gasteiger charge is -2.43. The van der Waals surface area contributed by atoms with Gasteiger partial charge in [-0.05, 0) is 30.9 Å². The number of benzene rings is 2. The molecule has 0 aliphatic carbocycles. The van der Waals surface area contributed by atoms with E-state index in [0.717, 1.165) is 12.8 Å². The first kappa shape index (κ1) is 21.1. The van der Waals surface area contributed by atoms with Gasteiger partial charge >= 0.3 is 5.97 Å². The predicted octanol–water partition coefficient (Wildman–Crippen LogP) is 3.35. The Morgan fingerprint density at radius 3 is 2.14 bits per heavy atom. The molecule has 0 radical (unpaired) electrons.